The van der Waals surface area contributed by atoms with Crippen LogP contribution in [0.15, 0.2) is 24.3 Å². The second-order valence-corrected chi connectivity index (χ2v) is 9.10. The quantitative estimate of drug-likeness (QED) is 0.462. The highest BCUT2D eigenvalue weighted by Gasteiger charge is 2.24. The van der Waals surface area contributed by atoms with E-state index in [9.17, 15) is 0 Å². The predicted molar refractivity (Wildman–Crippen MR) is 112 cm³/mol. The molecule has 2 aliphatic carbocycles. The first-order valence-corrected chi connectivity index (χ1v) is 11.4. The number of hydrogen-bond acceptors (Lipinski definition) is 1. The van der Waals surface area contributed by atoms with Crippen LogP contribution in [0.5, 0.6) is 5.75 Å². The fourth-order valence-electron chi connectivity index (χ4n) is 5.57. The highest BCUT2D eigenvalue weighted by Crippen LogP contribution is 2.39. The molecule has 0 spiro atoms. The van der Waals surface area contributed by atoms with Crippen molar-refractivity contribution in [2.24, 2.45) is 17.8 Å². The molecule has 0 aliphatic heterocycles. The molecule has 0 saturated heterocycles. The predicted octanol–water partition coefficient (Wildman–Crippen LogP) is 7.75. The summed E-state index contributed by atoms with van der Waals surface area (Å²) in [4.78, 5) is 0. The van der Waals surface area contributed by atoms with Gasteiger partial charge in [-0.25, -0.2) is 0 Å². The highest BCUT2D eigenvalue weighted by atomic mass is 16.5. The number of rotatable bonds is 8. The van der Waals surface area contributed by atoms with Gasteiger partial charge in [0, 0.05) is 0 Å². The van der Waals surface area contributed by atoms with Crippen molar-refractivity contribution >= 4 is 0 Å². The van der Waals surface area contributed by atoms with E-state index in [1.807, 2.05) is 0 Å². The summed E-state index contributed by atoms with van der Waals surface area (Å²) in [6.07, 6.45) is 19.1. The van der Waals surface area contributed by atoms with E-state index in [0.29, 0.717) is 0 Å². The molecule has 1 nitrogen and oxygen atoms in total. The van der Waals surface area contributed by atoms with Crippen LogP contribution in [0, 0.1) is 17.8 Å². The van der Waals surface area contributed by atoms with Crippen LogP contribution < -0.4 is 4.74 Å². The van der Waals surface area contributed by atoms with Crippen molar-refractivity contribution < 1.29 is 4.74 Å². The Balaban J connectivity index is 1.30. The molecule has 146 valence electrons. The van der Waals surface area contributed by atoms with E-state index in [2.05, 4.69) is 31.2 Å². The minimum absolute atomic E-state index is 0.783. The summed E-state index contributed by atoms with van der Waals surface area (Å²) in [7, 11) is 1.75. The lowest BCUT2D eigenvalue weighted by Crippen LogP contribution is -2.16. The molecular weight excluding hydrogens is 316 g/mol. The standard InChI is InChI=1S/C25H40O/c1-3-5-20-8-10-21(11-9-20)6-4-7-22-12-14-23(15-13-22)24-16-18-25(26-2)19-17-24/h16-23H,3-15H2,1-2H3. The van der Waals surface area contributed by atoms with Gasteiger partial charge in [0.25, 0.3) is 0 Å². The monoisotopic (exact) mass is 356 g/mol. The van der Waals surface area contributed by atoms with Crippen LogP contribution in [0.3, 0.4) is 0 Å². The van der Waals surface area contributed by atoms with Crippen LogP contribution >= 0.6 is 0 Å². The van der Waals surface area contributed by atoms with Gasteiger partial charge in [0.1, 0.15) is 5.75 Å². The van der Waals surface area contributed by atoms with Crippen molar-refractivity contribution in [1.29, 1.82) is 0 Å². The molecule has 0 aromatic heterocycles. The zero-order valence-electron chi connectivity index (χ0n) is 17.2. The summed E-state index contributed by atoms with van der Waals surface area (Å²) in [5.41, 5.74) is 1.52. The van der Waals surface area contributed by atoms with Crippen LogP contribution in [0.4, 0.5) is 0 Å². The summed E-state index contributed by atoms with van der Waals surface area (Å²) < 4.78 is 5.29. The molecule has 0 amide bonds. The molecule has 2 aliphatic rings. The van der Waals surface area contributed by atoms with E-state index in [0.717, 1.165) is 29.4 Å². The van der Waals surface area contributed by atoms with Gasteiger partial charge >= 0.3 is 0 Å². The minimum atomic E-state index is 0.783. The molecule has 0 unspecified atom stereocenters. The van der Waals surface area contributed by atoms with E-state index in [1.54, 1.807) is 7.11 Å². The molecule has 1 aromatic rings. The second-order valence-electron chi connectivity index (χ2n) is 9.10. The van der Waals surface area contributed by atoms with E-state index in [4.69, 9.17) is 4.74 Å². The van der Waals surface area contributed by atoms with Crippen molar-refractivity contribution in [3.05, 3.63) is 29.8 Å². The second kappa shape index (κ2) is 10.4. The normalized spacial score (nSPS) is 29.5. The molecule has 0 heterocycles. The van der Waals surface area contributed by atoms with Gasteiger partial charge in [0.2, 0.25) is 0 Å². The van der Waals surface area contributed by atoms with Gasteiger partial charge in [-0.1, -0.05) is 76.8 Å². The molecule has 2 fully saturated rings. The van der Waals surface area contributed by atoms with Gasteiger partial charge < -0.3 is 4.74 Å². The number of ether oxygens (including phenoxy) is 1. The molecule has 0 atom stereocenters. The van der Waals surface area contributed by atoms with E-state index in [-0.39, 0.29) is 0 Å². The Morgan fingerprint density at radius 1 is 0.731 bits per heavy atom. The zero-order valence-corrected chi connectivity index (χ0v) is 17.2. The fraction of sp³-hybridized carbons (Fsp3) is 0.760. The first-order chi connectivity index (χ1) is 12.8. The van der Waals surface area contributed by atoms with Crippen LogP contribution in [0.2, 0.25) is 0 Å². The van der Waals surface area contributed by atoms with E-state index >= 15 is 0 Å². The van der Waals surface area contributed by atoms with Crippen molar-refractivity contribution in [3.8, 4) is 5.75 Å². The minimum Gasteiger partial charge on any atom is -0.497 e. The molecule has 2 saturated carbocycles. The average molecular weight is 357 g/mol. The van der Waals surface area contributed by atoms with E-state index < -0.39 is 0 Å². The van der Waals surface area contributed by atoms with Crippen LogP contribution in [0.1, 0.15) is 102 Å². The SMILES string of the molecule is CCCC1CCC(CCCC2CCC(c3ccc(OC)cc3)CC2)CC1. The lowest BCUT2D eigenvalue weighted by Gasteiger charge is -2.31. The van der Waals surface area contributed by atoms with Gasteiger partial charge in [-0.3, -0.25) is 0 Å². The Bertz CT molecular complexity index is 489. The van der Waals surface area contributed by atoms with Crippen LogP contribution in [-0.4, -0.2) is 7.11 Å². The molecule has 3 rings (SSSR count). The van der Waals surface area contributed by atoms with Crippen molar-refractivity contribution in [2.75, 3.05) is 7.11 Å². The molecule has 1 aromatic carbocycles. The Hall–Kier alpha value is -0.980. The van der Waals surface area contributed by atoms with Gasteiger partial charge in [-0.2, -0.15) is 0 Å². The first kappa shape index (κ1) is 19.8. The highest BCUT2D eigenvalue weighted by molar-refractivity contribution is 5.29. The van der Waals surface area contributed by atoms with Gasteiger partial charge in [-0.15, -0.1) is 0 Å². The molecule has 0 radical (unpaired) electrons. The van der Waals surface area contributed by atoms with Crippen molar-refractivity contribution in [3.63, 3.8) is 0 Å². The summed E-state index contributed by atoms with van der Waals surface area (Å²) in [5.74, 6) is 4.88. The Morgan fingerprint density at radius 2 is 1.23 bits per heavy atom. The average Bonchev–Trinajstić information content (AvgIpc) is 2.70. The summed E-state index contributed by atoms with van der Waals surface area (Å²) in [6, 6.07) is 8.80. The lowest BCUT2D eigenvalue weighted by molar-refractivity contribution is 0.236. The van der Waals surface area contributed by atoms with Crippen LogP contribution in [0.25, 0.3) is 0 Å². The molecule has 0 bridgehead atoms. The summed E-state index contributed by atoms with van der Waals surface area (Å²) in [6.45, 7) is 2.34. The Morgan fingerprint density at radius 3 is 1.73 bits per heavy atom. The third-order valence-corrected chi connectivity index (χ3v) is 7.32. The fourth-order valence-corrected chi connectivity index (χ4v) is 5.57. The maximum Gasteiger partial charge on any atom is 0.118 e. The van der Waals surface area contributed by atoms with Gasteiger partial charge in [-0.05, 0) is 67.1 Å². The summed E-state index contributed by atoms with van der Waals surface area (Å²) >= 11 is 0. The topological polar surface area (TPSA) is 9.23 Å². The molecule has 0 N–H and O–H groups in total. The number of hydrogen-bond donors (Lipinski definition) is 0. The lowest BCUT2D eigenvalue weighted by atomic mass is 9.75. The van der Waals surface area contributed by atoms with Crippen LogP contribution in [-0.2, 0) is 0 Å². The Kier molecular flexibility index (Phi) is 7.89. The smallest absolute Gasteiger partial charge is 0.118 e. The summed E-state index contributed by atoms with van der Waals surface area (Å²) in [5, 5.41) is 0. The first-order valence-electron chi connectivity index (χ1n) is 11.4. The maximum absolute atomic E-state index is 5.29. The molecular formula is C25H40O. The maximum atomic E-state index is 5.29. The molecule has 1 heteroatoms. The number of benzene rings is 1. The third kappa shape index (κ3) is 5.76. The molecule has 26 heavy (non-hydrogen) atoms. The third-order valence-electron chi connectivity index (χ3n) is 7.32. The zero-order chi connectivity index (χ0) is 18.2. The Labute approximate surface area is 161 Å². The van der Waals surface area contributed by atoms with Gasteiger partial charge in [0.15, 0.2) is 0 Å². The van der Waals surface area contributed by atoms with Crippen molar-refractivity contribution in [1.82, 2.24) is 0 Å². The largest absolute Gasteiger partial charge is 0.497 e. The number of methoxy groups -OCH3 is 1. The van der Waals surface area contributed by atoms with Gasteiger partial charge in [0.05, 0.1) is 7.11 Å². The van der Waals surface area contributed by atoms with Crippen molar-refractivity contribution in [2.45, 2.75) is 96.3 Å². The van der Waals surface area contributed by atoms with E-state index in [1.165, 1.54) is 89.0 Å².